The molecule has 13 nitrogen and oxygen atoms in total. The Morgan fingerprint density at radius 2 is 1.38 bits per heavy atom. The summed E-state index contributed by atoms with van der Waals surface area (Å²) in [6.07, 6.45) is -3.34. The number of nitrogens with zero attached hydrogens (tertiary/aromatic N) is 2. The minimum absolute atomic E-state index is 0.0472. The molecule has 0 radical (unpaired) electrons. The molecule has 3 atom stereocenters. The number of phenols is 1. The van der Waals surface area contributed by atoms with Crippen LogP contribution in [-0.2, 0) is 32.2 Å². The molecule has 0 aliphatic rings. The number of benzene rings is 3. The lowest BCUT2D eigenvalue weighted by molar-refractivity contribution is -0.834. The summed E-state index contributed by atoms with van der Waals surface area (Å²) in [6.45, 7) is 6.10. The number of phenolic OH excluding ortho intramolecular Hbond substituents is 1. The highest BCUT2D eigenvalue weighted by atomic mass is 16.6. The van der Waals surface area contributed by atoms with E-state index in [-0.39, 0.29) is 44.3 Å². The van der Waals surface area contributed by atoms with Crippen LogP contribution < -0.4 is 16.8 Å². The van der Waals surface area contributed by atoms with Crippen molar-refractivity contribution in [1.29, 1.82) is 0 Å². The van der Waals surface area contributed by atoms with Crippen LogP contribution >= 0.6 is 0 Å². The summed E-state index contributed by atoms with van der Waals surface area (Å²) in [4.78, 5) is 60.3. The fourth-order valence-corrected chi connectivity index (χ4v) is 5.02. The van der Waals surface area contributed by atoms with Crippen molar-refractivity contribution in [3.8, 4) is 5.75 Å². The van der Waals surface area contributed by atoms with Gasteiger partial charge in [0.15, 0.2) is 12.0 Å². The number of quaternary nitrogens is 1. The van der Waals surface area contributed by atoms with Crippen LogP contribution in [0.5, 0.6) is 5.75 Å². The van der Waals surface area contributed by atoms with Gasteiger partial charge in [-0.25, -0.2) is 4.79 Å². The Morgan fingerprint density at radius 3 is 1.90 bits per heavy atom. The molecule has 3 aromatic rings. The zero-order valence-electron chi connectivity index (χ0n) is 27.6. The lowest BCUT2D eigenvalue weighted by atomic mass is 9.98. The van der Waals surface area contributed by atoms with Gasteiger partial charge in [0.2, 0.25) is 0 Å². The first-order chi connectivity index (χ1) is 22.7. The van der Waals surface area contributed by atoms with E-state index in [1.54, 1.807) is 88.4 Å². The maximum absolute atomic E-state index is 14.6. The third kappa shape index (κ3) is 10.3. The van der Waals surface area contributed by atoms with Crippen molar-refractivity contribution in [2.24, 2.45) is 16.5 Å². The highest BCUT2D eigenvalue weighted by Gasteiger charge is 2.62. The molecule has 13 heteroatoms. The highest BCUT2D eigenvalue weighted by molar-refractivity contribution is 5.96. The van der Waals surface area contributed by atoms with Crippen LogP contribution in [0.15, 0.2) is 89.9 Å². The third-order valence-corrected chi connectivity index (χ3v) is 7.35. The lowest BCUT2D eigenvalue weighted by Crippen LogP contribution is -2.69. The second kappa shape index (κ2) is 16.9. The van der Waals surface area contributed by atoms with Gasteiger partial charge in [-0.1, -0.05) is 60.7 Å². The number of nitrogens with two attached hydrogens (primary N) is 2. The molecular formula is C35H44N5O8+. The molecule has 3 rings (SSSR count). The van der Waals surface area contributed by atoms with Crippen LogP contribution in [-0.4, -0.2) is 57.9 Å². The largest absolute Gasteiger partial charge is 0.528 e. The number of rotatable bonds is 12. The normalized spacial score (nSPS) is 13.6. The molecule has 0 aliphatic heterocycles. The number of carbonyl (C=O) groups excluding carboxylic acids is 4. The van der Waals surface area contributed by atoms with Crippen molar-refractivity contribution in [2.75, 3.05) is 6.54 Å². The first kappa shape index (κ1) is 37.0. The van der Waals surface area contributed by atoms with Gasteiger partial charge in [0, 0.05) is 18.5 Å². The van der Waals surface area contributed by atoms with Gasteiger partial charge < -0.3 is 30.8 Å². The van der Waals surface area contributed by atoms with Crippen LogP contribution in [0.3, 0.4) is 0 Å². The number of guanidine groups is 1. The second-order valence-corrected chi connectivity index (χ2v) is 12.1. The lowest BCUT2D eigenvalue weighted by Gasteiger charge is -2.41. The molecule has 6 N–H and O–H groups in total. The van der Waals surface area contributed by atoms with E-state index in [2.05, 4.69) is 10.3 Å². The SMILES string of the molecule is CC(c1ccc(O)cc1)[N@@+](C(=O)OCc1ccccc1)(C(=O)OC(C)(C)C)[C@H](CCCN=C(N)N)C(=O)NC(=O)OCc1ccccc1. The first-order valence-corrected chi connectivity index (χ1v) is 15.4. The number of hydrogen-bond donors (Lipinski definition) is 4. The predicted molar refractivity (Wildman–Crippen MR) is 178 cm³/mol. The van der Waals surface area contributed by atoms with Gasteiger partial charge in [0.05, 0.1) is 0 Å². The molecule has 256 valence electrons. The standard InChI is InChI=1S/C35H43N5O8/c1-24(27-17-19-28(41)20-18-27)40(34(45)48-35(2,3)4,33(44)47-23-26-14-9-6-10-15-26)29(16-11-21-38-31(36)37)30(42)39-32(43)46-22-25-12-7-5-8-13-25/h5-10,12-15,17-20,24,29H,11,16,21-23H2,1-4H3,(H5-,36,37,38,39,41,42,43)/p+1/t24?,29-,40-/m1/s1. The van der Waals surface area contributed by atoms with Gasteiger partial charge in [-0.05, 0) is 69.5 Å². The van der Waals surface area contributed by atoms with E-state index in [1.807, 2.05) is 0 Å². The summed E-state index contributed by atoms with van der Waals surface area (Å²) < 4.78 is 15.6. The van der Waals surface area contributed by atoms with Gasteiger partial charge in [0.1, 0.15) is 30.6 Å². The topological polar surface area (TPSA) is 193 Å². The van der Waals surface area contributed by atoms with Crippen molar-refractivity contribution < 1.29 is 43.0 Å². The quantitative estimate of drug-likeness (QED) is 0.0640. The van der Waals surface area contributed by atoms with E-state index in [9.17, 15) is 24.3 Å². The number of aromatic hydroxyl groups is 1. The Hall–Kier alpha value is -5.43. The zero-order chi connectivity index (χ0) is 35.3. The first-order valence-electron chi connectivity index (χ1n) is 15.4. The molecular weight excluding hydrogens is 618 g/mol. The van der Waals surface area contributed by atoms with Crippen LogP contribution in [0.4, 0.5) is 14.4 Å². The molecule has 0 saturated heterocycles. The number of amides is 4. The molecule has 0 heterocycles. The number of carbonyl (C=O) groups is 4. The molecule has 0 aromatic heterocycles. The predicted octanol–water partition coefficient (Wildman–Crippen LogP) is 5.42. The molecule has 3 aromatic carbocycles. The molecule has 0 saturated carbocycles. The minimum Gasteiger partial charge on any atom is -0.508 e. The molecule has 0 fully saturated rings. The van der Waals surface area contributed by atoms with E-state index in [4.69, 9.17) is 25.7 Å². The van der Waals surface area contributed by atoms with E-state index < -0.39 is 46.4 Å². The van der Waals surface area contributed by atoms with Crippen LogP contribution in [0.1, 0.15) is 63.3 Å². The van der Waals surface area contributed by atoms with E-state index in [0.717, 1.165) is 0 Å². The fourth-order valence-electron chi connectivity index (χ4n) is 5.02. The fraction of sp³-hybridized carbons (Fsp3) is 0.343. The summed E-state index contributed by atoms with van der Waals surface area (Å²) in [6, 6.07) is 20.7. The summed E-state index contributed by atoms with van der Waals surface area (Å²) in [7, 11) is 0. The highest BCUT2D eigenvalue weighted by Crippen LogP contribution is 2.38. The van der Waals surface area contributed by atoms with Crippen LogP contribution in [0.2, 0.25) is 0 Å². The smallest absolute Gasteiger partial charge is 0.508 e. The zero-order valence-corrected chi connectivity index (χ0v) is 27.6. The number of aliphatic imine (C=N–C) groups is 1. The number of alkyl carbamates (subject to hydrolysis) is 1. The Labute approximate surface area is 280 Å². The van der Waals surface area contributed by atoms with Gasteiger partial charge in [-0.2, -0.15) is 9.59 Å². The maximum Gasteiger partial charge on any atom is 0.528 e. The Kier molecular flexibility index (Phi) is 13.1. The Bertz CT molecular complexity index is 1560. The van der Waals surface area contributed by atoms with Crippen molar-refractivity contribution in [3.63, 3.8) is 0 Å². The average Bonchev–Trinajstić information content (AvgIpc) is 3.04. The Morgan fingerprint density at radius 1 is 0.833 bits per heavy atom. The minimum atomic E-state index is -1.61. The van der Waals surface area contributed by atoms with Crippen LogP contribution in [0.25, 0.3) is 0 Å². The summed E-state index contributed by atoms with van der Waals surface area (Å²) in [5.41, 5.74) is 11.6. The maximum atomic E-state index is 14.6. The van der Waals surface area contributed by atoms with Gasteiger partial charge in [0.25, 0.3) is 5.91 Å². The average molecular weight is 663 g/mol. The summed E-state index contributed by atoms with van der Waals surface area (Å²) in [5, 5.41) is 12.2. The van der Waals surface area contributed by atoms with Crippen molar-refractivity contribution in [2.45, 2.75) is 71.4 Å². The molecule has 0 bridgehead atoms. The molecule has 48 heavy (non-hydrogen) atoms. The third-order valence-electron chi connectivity index (χ3n) is 7.35. The van der Waals surface area contributed by atoms with E-state index in [1.165, 1.54) is 24.3 Å². The molecule has 4 amide bonds. The van der Waals surface area contributed by atoms with Crippen molar-refractivity contribution in [3.05, 3.63) is 102 Å². The molecule has 1 unspecified atom stereocenters. The van der Waals surface area contributed by atoms with Gasteiger partial charge in [-0.15, -0.1) is 4.48 Å². The molecule has 0 spiro atoms. The number of ether oxygens (including phenoxy) is 3. The van der Waals surface area contributed by atoms with E-state index in [0.29, 0.717) is 16.7 Å². The van der Waals surface area contributed by atoms with E-state index >= 15 is 0 Å². The monoisotopic (exact) mass is 662 g/mol. The van der Waals surface area contributed by atoms with Crippen molar-refractivity contribution >= 4 is 30.1 Å². The number of hydrogen-bond acceptors (Lipinski definition) is 9. The molecule has 0 aliphatic carbocycles. The number of imide groups is 2. The van der Waals surface area contributed by atoms with Gasteiger partial charge >= 0.3 is 18.3 Å². The number of nitrogens with one attached hydrogen (secondary N) is 1. The van der Waals surface area contributed by atoms with Crippen LogP contribution in [0, 0.1) is 0 Å². The van der Waals surface area contributed by atoms with Crippen molar-refractivity contribution in [1.82, 2.24) is 5.32 Å². The second-order valence-electron chi connectivity index (χ2n) is 12.1. The summed E-state index contributed by atoms with van der Waals surface area (Å²) in [5.74, 6) is -1.24. The Balaban J connectivity index is 2.15. The summed E-state index contributed by atoms with van der Waals surface area (Å²) >= 11 is 0. The van der Waals surface area contributed by atoms with Gasteiger partial charge in [-0.3, -0.25) is 15.1 Å².